The average molecular weight is 498 g/mol. The molecule has 1 unspecified atom stereocenters. The number of thiophene rings is 1. The van der Waals surface area contributed by atoms with Crippen molar-refractivity contribution in [2.24, 2.45) is 5.84 Å². The first-order valence-corrected chi connectivity index (χ1v) is 11.9. The second-order valence-corrected chi connectivity index (χ2v) is 9.18. The van der Waals surface area contributed by atoms with Crippen molar-refractivity contribution in [2.75, 3.05) is 0 Å². The molecule has 4 aromatic rings. The van der Waals surface area contributed by atoms with Crippen molar-refractivity contribution in [3.8, 4) is 5.88 Å². The lowest BCUT2D eigenvalue weighted by atomic mass is 10.00. The minimum atomic E-state index is -0.526. The van der Waals surface area contributed by atoms with Crippen LogP contribution < -0.4 is 21.9 Å². The highest BCUT2D eigenvalue weighted by molar-refractivity contribution is 7.99. The van der Waals surface area contributed by atoms with Gasteiger partial charge in [0.05, 0.1) is 16.0 Å². The number of carbonyl (C=O) groups excluding carboxylic acids is 1. The van der Waals surface area contributed by atoms with Crippen LogP contribution in [0.4, 0.5) is 0 Å². The van der Waals surface area contributed by atoms with Crippen molar-refractivity contribution in [1.82, 2.24) is 15.2 Å². The molecule has 7 nitrogen and oxygen atoms in total. The maximum absolute atomic E-state index is 13.3. The van der Waals surface area contributed by atoms with Crippen LogP contribution in [0.1, 0.15) is 22.7 Å². The molecule has 168 valence electrons. The lowest BCUT2D eigenvalue weighted by molar-refractivity contribution is -0.284. The van der Waals surface area contributed by atoms with Gasteiger partial charge >= 0.3 is 0 Å². The van der Waals surface area contributed by atoms with Gasteiger partial charge in [-0.1, -0.05) is 59.8 Å². The smallest absolute Gasteiger partial charge is 0.277 e. The van der Waals surface area contributed by atoms with Gasteiger partial charge in [0.1, 0.15) is 0 Å². The summed E-state index contributed by atoms with van der Waals surface area (Å²) < 4.78 is 1.34. The van der Waals surface area contributed by atoms with Gasteiger partial charge < -0.3 is 5.11 Å². The van der Waals surface area contributed by atoms with Crippen LogP contribution in [0, 0.1) is 0 Å². The molecule has 33 heavy (non-hydrogen) atoms. The normalized spacial score (nSPS) is 12.2. The second kappa shape index (κ2) is 10.1. The fraction of sp³-hybridized carbons (Fsp3) is 0.0435. The van der Waals surface area contributed by atoms with Gasteiger partial charge in [0.25, 0.3) is 11.5 Å². The number of aromatic nitrogens is 2. The number of hydrazine groups is 1. The van der Waals surface area contributed by atoms with Crippen LogP contribution in [0.15, 0.2) is 86.0 Å². The Hall–Kier alpha value is -3.24. The Bertz CT molecular complexity index is 1350. The van der Waals surface area contributed by atoms with Crippen LogP contribution in [-0.4, -0.2) is 15.7 Å². The number of nitrogens with two attached hydrogens (primary N) is 1. The van der Waals surface area contributed by atoms with Gasteiger partial charge in [0.15, 0.2) is 0 Å². The molecule has 0 fully saturated rings. The topological polar surface area (TPSA) is 116 Å². The first-order valence-electron chi connectivity index (χ1n) is 9.72. The summed E-state index contributed by atoms with van der Waals surface area (Å²) in [6.07, 6.45) is 2.95. The quantitative estimate of drug-likeness (QED) is 0.156. The highest BCUT2D eigenvalue weighted by Crippen LogP contribution is 2.37. The van der Waals surface area contributed by atoms with E-state index >= 15 is 0 Å². The fourth-order valence-electron chi connectivity index (χ4n) is 3.26. The summed E-state index contributed by atoms with van der Waals surface area (Å²) in [5.74, 6) is 4.24. The molecule has 0 radical (unpaired) electrons. The summed E-state index contributed by atoms with van der Waals surface area (Å²) >= 11 is 8.76. The van der Waals surface area contributed by atoms with Gasteiger partial charge in [0, 0.05) is 16.9 Å². The fourth-order valence-corrected chi connectivity index (χ4v) is 5.04. The third kappa shape index (κ3) is 5.07. The number of nitrogens with zero attached hydrogens (tertiary/aromatic N) is 1. The molecular formula is C23H18ClN4O3S2-. The first kappa shape index (κ1) is 22.9. The Balaban J connectivity index is 1.72. The van der Waals surface area contributed by atoms with E-state index in [9.17, 15) is 14.7 Å². The zero-order valence-electron chi connectivity index (χ0n) is 17.0. The van der Waals surface area contributed by atoms with Crippen LogP contribution in [0.25, 0.3) is 6.08 Å². The maximum atomic E-state index is 13.3. The zero-order valence-corrected chi connectivity index (χ0v) is 19.4. The Morgan fingerprint density at radius 3 is 2.61 bits per heavy atom. The molecule has 1 atom stereocenters. The van der Waals surface area contributed by atoms with Gasteiger partial charge in [-0.05, 0) is 51.7 Å². The van der Waals surface area contributed by atoms with Gasteiger partial charge in [-0.25, -0.2) is 5.84 Å². The Labute approximate surface area is 202 Å². The summed E-state index contributed by atoms with van der Waals surface area (Å²) in [6.45, 7) is 0. The summed E-state index contributed by atoms with van der Waals surface area (Å²) in [4.78, 5) is 24.7. The number of benzene rings is 2. The number of amides is 1. The van der Waals surface area contributed by atoms with E-state index in [1.54, 1.807) is 30.3 Å². The number of H-pyrrole nitrogens is 1. The molecule has 2 aromatic carbocycles. The van der Waals surface area contributed by atoms with Crippen LogP contribution in [0.3, 0.4) is 0 Å². The second-order valence-electron chi connectivity index (χ2n) is 6.95. The molecule has 0 bridgehead atoms. The highest BCUT2D eigenvalue weighted by Gasteiger charge is 2.21. The number of carbonyl (C=O) groups is 1. The molecule has 0 aliphatic rings. The van der Waals surface area contributed by atoms with Crippen molar-refractivity contribution in [3.63, 3.8) is 0 Å². The van der Waals surface area contributed by atoms with E-state index in [1.807, 2.05) is 46.5 Å². The lowest BCUT2D eigenvalue weighted by Gasteiger charge is -2.23. The third-order valence-electron chi connectivity index (χ3n) is 4.83. The predicted molar refractivity (Wildman–Crippen MR) is 129 cm³/mol. The zero-order chi connectivity index (χ0) is 23.4. The van der Waals surface area contributed by atoms with Gasteiger partial charge in [-0.15, -0.1) is 0 Å². The average Bonchev–Trinajstić information content (AvgIpc) is 3.44. The van der Waals surface area contributed by atoms with Crippen LogP contribution >= 0.6 is 34.7 Å². The standard InChI is InChI=1S/C23H19ClN4O3S2/c24-17-3-1-2-4-18(17)33-21-22(30)27-28(23(21)31)20(16-11-12-32-13-16)15-8-5-14(6-9-15)7-10-19(29)26-25/h1-13,20,31H,25H2,(H,26,29)(H,27,30)/p-1/b10-7+. The van der Waals surface area contributed by atoms with E-state index in [0.29, 0.717) is 9.92 Å². The number of hydrogen-bond donors (Lipinski definition) is 3. The van der Waals surface area contributed by atoms with Crippen molar-refractivity contribution in [1.29, 1.82) is 0 Å². The van der Waals surface area contributed by atoms with E-state index in [0.717, 1.165) is 28.5 Å². The Morgan fingerprint density at radius 1 is 1.18 bits per heavy atom. The van der Waals surface area contributed by atoms with Crippen molar-refractivity contribution in [2.45, 2.75) is 15.8 Å². The van der Waals surface area contributed by atoms with Crippen molar-refractivity contribution >= 4 is 46.7 Å². The van der Waals surface area contributed by atoms with Crippen LogP contribution in [0.5, 0.6) is 5.88 Å². The molecule has 0 aliphatic heterocycles. The minimum absolute atomic E-state index is 0.0516. The monoisotopic (exact) mass is 497 g/mol. The van der Waals surface area contributed by atoms with Crippen molar-refractivity contribution in [3.05, 3.63) is 104 Å². The van der Waals surface area contributed by atoms with Gasteiger partial charge in [-0.2, -0.15) is 11.3 Å². The molecule has 2 heterocycles. The first-order chi connectivity index (χ1) is 16.0. The Morgan fingerprint density at radius 2 is 1.94 bits per heavy atom. The van der Waals surface area contributed by atoms with E-state index in [1.165, 1.54) is 22.1 Å². The molecule has 2 aromatic heterocycles. The molecule has 10 heteroatoms. The number of aromatic amines is 1. The predicted octanol–water partition coefficient (Wildman–Crippen LogP) is 3.76. The number of halogens is 1. The number of rotatable bonds is 7. The van der Waals surface area contributed by atoms with E-state index in [2.05, 4.69) is 5.10 Å². The molecular weight excluding hydrogens is 480 g/mol. The molecule has 0 saturated heterocycles. The van der Waals surface area contributed by atoms with Crippen LogP contribution in [0.2, 0.25) is 5.02 Å². The molecule has 4 N–H and O–H groups in total. The maximum Gasteiger partial charge on any atom is 0.277 e. The molecule has 0 spiro atoms. The lowest BCUT2D eigenvalue weighted by Crippen LogP contribution is -2.27. The largest absolute Gasteiger partial charge is 0.858 e. The SMILES string of the molecule is NNC(=O)/C=C/c1ccc(C(c2ccsc2)n2[nH]c(=O)c(Sc3ccccc3Cl)c2[O-])cc1. The third-order valence-corrected chi connectivity index (χ3v) is 7.11. The molecule has 0 aliphatic carbocycles. The number of nitrogens with one attached hydrogen (secondary N) is 2. The van der Waals surface area contributed by atoms with E-state index in [4.69, 9.17) is 17.4 Å². The summed E-state index contributed by atoms with van der Waals surface area (Å²) in [7, 11) is 0. The Kier molecular flexibility index (Phi) is 7.05. The van der Waals surface area contributed by atoms with Gasteiger partial charge in [-0.3, -0.25) is 24.8 Å². The number of hydrogen-bond acceptors (Lipinski definition) is 6. The summed E-state index contributed by atoms with van der Waals surface area (Å²) in [6, 6.07) is 15.8. The van der Waals surface area contributed by atoms with Gasteiger partial charge in [0.2, 0.25) is 0 Å². The molecule has 0 saturated carbocycles. The minimum Gasteiger partial charge on any atom is -0.858 e. The van der Waals surface area contributed by atoms with Crippen LogP contribution in [-0.2, 0) is 4.79 Å². The summed E-state index contributed by atoms with van der Waals surface area (Å²) in [5.41, 5.74) is 4.00. The molecule has 1 amide bonds. The highest BCUT2D eigenvalue weighted by atomic mass is 35.5. The summed E-state index contributed by atoms with van der Waals surface area (Å²) in [5, 5.41) is 20.3. The van der Waals surface area contributed by atoms with E-state index in [-0.39, 0.29) is 4.90 Å². The van der Waals surface area contributed by atoms with Crippen molar-refractivity contribution < 1.29 is 9.90 Å². The molecule has 4 rings (SSSR count). The van der Waals surface area contributed by atoms with E-state index < -0.39 is 23.4 Å².